The van der Waals surface area contributed by atoms with Crippen LogP contribution in [0.1, 0.15) is 18.4 Å². The number of nitrogens with one attached hydrogen (secondary N) is 1. The Bertz CT molecular complexity index is 1070. The second kappa shape index (κ2) is 7.65. The lowest BCUT2D eigenvalue weighted by atomic mass is 10.1. The lowest BCUT2D eigenvalue weighted by molar-refractivity contribution is 0.527. The molecule has 3 aromatic rings. The molecule has 0 amide bonds. The van der Waals surface area contributed by atoms with Gasteiger partial charge in [-0.1, -0.05) is 23.7 Å². The summed E-state index contributed by atoms with van der Waals surface area (Å²) in [6, 6.07) is 12.0. The van der Waals surface area contributed by atoms with Gasteiger partial charge in [0.1, 0.15) is 0 Å². The third-order valence-electron chi connectivity index (χ3n) is 4.17. The molecule has 8 heteroatoms. The highest BCUT2D eigenvalue weighted by molar-refractivity contribution is 7.89. The van der Waals surface area contributed by atoms with Crippen LogP contribution in [0.2, 0.25) is 5.02 Å². The fraction of sp³-hybridized carbons (Fsp3) is 0.278. The van der Waals surface area contributed by atoms with Crippen molar-refractivity contribution in [3.63, 3.8) is 0 Å². The van der Waals surface area contributed by atoms with E-state index in [0.29, 0.717) is 23.5 Å². The number of rotatable bonds is 7. The van der Waals surface area contributed by atoms with Crippen LogP contribution in [0.4, 0.5) is 0 Å². The molecule has 0 unspecified atom stereocenters. The molecule has 0 fully saturated rings. The van der Waals surface area contributed by atoms with Gasteiger partial charge < -0.3 is 4.42 Å². The highest BCUT2D eigenvalue weighted by atomic mass is 35.5. The van der Waals surface area contributed by atoms with Gasteiger partial charge in [0.2, 0.25) is 10.0 Å². The molecule has 0 aliphatic heterocycles. The maximum absolute atomic E-state index is 12.4. The van der Waals surface area contributed by atoms with Crippen molar-refractivity contribution < 1.29 is 12.8 Å². The van der Waals surface area contributed by atoms with Crippen LogP contribution in [-0.4, -0.2) is 19.5 Å². The van der Waals surface area contributed by atoms with E-state index in [1.54, 1.807) is 13.1 Å². The van der Waals surface area contributed by atoms with Gasteiger partial charge >= 0.3 is 5.76 Å². The van der Waals surface area contributed by atoms with Crippen molar-refractivity contribution in [1.29, 1.82) is 0 Å². The summed E-state index contributed by atoms with van der Waals surface area (Å²) >= 11 is 5.85. The number of aromatic nitrogens is 1. The molecule has 6 nitrogen and oxygen atoms in total. The van der Waals surface area contributed by atoms with Gasteiger partial charge in [-0.05, 0) is 49.1 Å². The first-order chi connectivity index (χ1) is 12.4. The molecule has 1 heterocycles. The molecule has 3 rings (SSSR count). The first-order valence-corrected chi connectivity index (χ1v) is 10.1. The molecule has 138 valence electrons. The van der Waals surface area contributed by atoms with Gasteiger partial charge in [-0.15, -0.1) is 0 Å². The summed E-state index contributed by atoms with van der Waals surface area (Å²) in [7, 11) is -2.07. The number of fused-ring (bicyclic) bond motifs is 1. The van der Waals surface area contributed by atoms with E-state index >= 15 is 0 Å². The van der Waals surface area contributed by atoms with Crippen molar-refractivity contribution in [3.8, 4) is 0 Å². The minimum atomic E-state index is -3.64. The molecule has 0 bridgehead atoms. The lowest BCUT2D eigenvalue weighted by Crippen LogP contribution is -2.24. The van der Waals surface area contributed by atoms with Crippen molar-refractivity contribution in [2.45, 2.75) is 24.2 Å². The topological polar surface area (TPSA) is 81.3 Å². The van der Waals surface area contributed by atoms with Gasteiger partial charge in [0.25, 0.3) is 0 Å². The highest BCUT2D eigenvalue weighted by Gasteiger charge is 2.16. The molecule has 0 saturated heterocycles. The van der Waals surface area contributed by atoms with E-state index in [2.05, 4.69) is 4.72 Å². The summed E-state index contributed by atoms with van der Waals surface area (Å²) in [4.78, 5) is 11.6. The average Bonchev–Trinajstić information content (AvgIpc) is 2.90. The molecular formula is C18H19ClN2O4S. The van der Waals surface area contributed by atoms with E-state index in [-0.39, 0.29) is 10.5 Å². The van der Waals surface area contributed by atoms with Gasteiger partial charge in [-0.2, -0.15) is 0 Å². The van der Waals surface area contributed by atoms with Gasteiger partial charge in [-0.25, -0.2) is 17.9 Å². The molecule has 2 aromatic carbocycles. The number of oxazole rings is 1. The Hall–Kier alpha value is -2.09. The fourth-order valence-electron chi connectivity index (χ4n) is 2.68. The average molecular weight is 395 g/mol. The maximum Gasteiger partial charge on any atom is 0.419 e. The number of benzene rings is 2. The van der Waals surface area contributed by atoms with Crippen LogP contribution < -0.4 is 10.5 Å². The van der Waals surface area contributed by atoms with E-state index < -0.39 is 15.8 Å². The Balaban J connectivity index is 1.57. The lowest BCUT2D eigenvalue weighted by Gasteiger charge is -2.07. The van der Waals surface area contributed by atoms with E-state index in [1.165, 1.54) is 22.3 Å². The van der Waals surface area contributed by atoms with E-state index in [1.807, 2.05) is 24.3 Å². The molecular weight excluding hydrogens is 376 g/mol. The zero-order chi connectivity index (χ0) is 18.7. The summed E-state index contributed by atoms with van der Waals surface area (Å²) in [6.07, 6.45) is 2.43. The first-order valence-electron chi connectivity index (χ1n) is 8.20. The molecule has 1 aromatic heterocycles. The van der Waals surface area contributed by atoms with Gasteiger partial charge in [-0.3, -0.25) is 4.57 Å². The Labute approximate surface area is 156 Å². The Morgan fingerprint density at radius 1 is 1.12 bits per heavy atom. The second-order valence-electron chi connectivity index (χ2n) is 6.04. The van der Waals surface area contributed by atoms with Crippen LogP contribution in [0, 0.1) is 0 Å². The van der Waals surface area contributed by atoms with Crippen molar-refractivity contribution in [2.24, 2.45) is 7.05 Å². The Kier molecular flexibility index (Phi) is 5.50. The van der Waals surface area contributed by atoms with Crippen molar-refractivity contribution in [1.82, 2.24) is 9.29 Å². The zero-order valence-electron chi connectivity index (χ0n) is 14.2. The molecule has 0 aliphatic rings. The largest absolute Gasteiger partial charge is 0.419 e. The predicted molar refractivity (Wildman–Crippen MR) is 101 cm³/mol. The number of nitrogens with zero attached hydrogens (tertiary/aromatic N) is 1. The van der Waals surface area contributed by atoms with Gasteiger partial charge in [0, 0.05) is 24.7 Å². The molecule has 0 aliphatic carbocycles. The van der Waals surface area contributed by atoms with Crippen LogP contribution >= 0.6 is 11.6 Å². The number of hydrogen-bond donors (Lipinski definition) is 1. The SMILES string of the molecule is Cn1c(=O)oc2cc(S(=O)(=O)NCCCCc3ccc(Cl)cc3)ccc21. The zero-order valence-corrected chi connectivity index (χ0v) is 15.8. The Morgan fingerprint density at radius 2 is 1.85 bits per heavy atom. The van der Waals surface area contributed by atoms with Crippen LogP contribution in [0.5, 0.6) is 0 Å². The molecule has 0 spiro atoms. The van der Waals surface area contributed by atoms with E-state index in [9.17, 15) is 13.2 Å². The maximum atomic E-state index is 12.4. The van der Waals surface area contributed by atoms with Crippen molar-refractivity contribution in [2.75, 3.05) is 6.54 Å². The summed E-state index contributed by atoms with van der Waals surface area (Å²) < 4.78 is 33.7. The fourth-order valence-corrected chi connectivity index (χ4v) is 3.89. The summed E-state index contributed by atoms with van der Waals surface area (Å²) in [5, 5.41) is 0.702. The number of sulfonamides is 1. The van der Waals surface area contributed by atoms with Gasteiger partial charge in [0.15, 0.2) is 5.58 Å². The first kappa shape index (κ1) is 18.7. The number of hydrogen-bond acceptors (Lipinski definition) is 4. The number of halogens is 1. The molecule has 0 atom stereocenters. The molecule has 0 radical (unpaired) electrons. The van der Waals surface area contributed by atoms with Crippen LogP contribution in [0.15, 0.2) is 56.6 Å². The highest BCUT2D eigenvalue weighted by Crippen LogP contribution is 2.18. The third kappa shape index (κ3) is 4.17. The van der Waals surface area contributed by atoms with Gasteiger partial charge in [0.05, 0.1) is 10.4 Å². The standard InChI is InChI=1S/C18H19ClN2O4S/c1-21-16-10-9-15(12-17(16)25-18(21)22)26(23,24)20-11-3-2-4-13-5-7-14(19)8-6-13/h5-10,12,20H,2-4,11H2,1H3. The monoisotopic (exact) mass is 394 g/mol. The quantitative estimate of drug-likeness (QED) is 0.624. The van der Waals surface area contributed by atoms with E-state index in [4.69, 9.17) is 16.0 Å². The minimum Gasteiger partial charge on any atom is -0.408 e. The van der Waals surface area contributed by atoms with Crippen molar-refractivity contribution >= 4 is 32.7 Å². The van der Waals surface area contributed by atoms with E-state index in [0.717, 1.165) is 12.8 Å². The number of unbranched alkanes of at least 4 members (excludes halogenated alkanes) is 1. The third-order valence-corrected chi connectivity index (χ3v) is 5.88. The smallest absolute Gasteiger partial charge is 0.408 e. The van der Waals surface area contributed by atoms with Crippen LogP contribution in [0.3, 0.4) is 0 Å². The molecule has 1 N–H and O–H groups in total. The molecule has 0 saturated carbocycles. The molecule has 26 heavy (non-hydrogen) atoms. The second-order valence-corrected chi connectivity index (χ2v) is 8.24. The van der Waals surface area contributed by atoms with Crippen LogP contribution in [0.25, 0.3) is 11.1 Å². The summed E-state index contributed by atoms with van der Waals surface area (Å²) in [5.41, 5.74) is 1.97. The van der Waals surface area contributed by atoms with Crippen LogP contribution in [-0.2, 0) is 23.5 Å². The Morgan fingerprint density at radius 3 is 2.58 bits per heavy atom. The minimum absolute atomic E-state index is 0.0806. The number of aryl methyl sites for hydroxylation is 2. The normalized spacial score (nSPS) is 11.9. The summed E-state index contributed by atoms with van der Waals surface area (Å²) in [6.45, 7) is 0.340. The summed E-state index contributed by atoms with van der Waals surface area (Å²) in [5.74, 6) is -0.523. The predicted octanol–water partition coefficient (Wildman–Crippen LogP) is 3.09. The van der Waals surface area contributed by atoms with Crippen molar-refractivity contribution in [3.05, 3.63) is 63.6 Å².